The van der Waals surface area contributed by atoms with Gasteiger partial charge < -0.3 is 9.84 Å². The monoisotopic (exact) mass is 169 g/mol. The third-order valence-electron chi connectivity index (χ3n) is 1.30. The van der Waals surface area contributed by atoms with Crippen molar-refractivity contribution in [2.75, 3.05) is 11.9 Å². The predicted molar refractivity (Wildman–Crippen MR) is 47.0 cm³/mol. The van der Waals surface area contributed by atoms with Gasteiger partial charge in [0.05, 0.1) is 0 Å². The molecule has 12 heavy (non-hydrogen) atoms. The summed E-state index contributed by atoms with van der Waals surface area (Å²) in [7, 11) is 0. The SMILES string of the molecule is Cc1noc(NCC(C)(C)C)n1. The molecule has 0 bridgehead atoms. The van der Waals surface area contributed by atoms with Gasteiger partial charge >= 0.3 is 6.01 Å². The van der Waals surface area contributed by atoms with Crippen LogP contribution in [-0.4, -0.2) is 16.7 Å². The molecule has 1 N–H and O–H groups in total. The van der Waals surface area contributed by atoms with Gasteiger partial charge in [0.2, 0.25) is 0 Å². The number of hydrogen-bond acceptors (Lipinski definition) is 4. The van der Waals surface area contributed by atoms with E-state index in [0.717, 1.165) is 6.54 Å². The van der Waals surface area contributed by atoms with Crippen molar-refractivity contribution in [2.45, 2.75) is 27.7 Å². The number of rotatable bonds is 2. The first-order valence-corrected chi connectivity index (χ1v) is 4.01. The van der Waals surface area contributed by atoms with E-state index in [1.54, 1.807) is 6.92 Å². The van der Waals surface area contributed by atoms with Crippen LogP contribution in [0.1, 0.15) is 26.6 Å². The summed E-state index contributed by atoms with van der Waals surface area (Å²) in [6.07, 6.45) is 0. The largest absolute Gasteiger partial charge is 0.337 e. The highest BCUT2D eigenvalue weighted by atomic mass is 16.5. The Labute approximate surface area is 72.4 Å². The van der Waals surface area contributed by atoms with Crippen LogP contribution in [0.15, 0.2) is 4.52 Å². The molecule has 1 aromatic heterocycles. The molecule has 68 valence electrons. The van der Waals surface area contributed by atoms with Crippen molar-refractivity contribution in [3.63, 3.8) is 0 Å². The number of hydrogen-bond donors (Lipinski definition) is 1. The fourth-order valence-corrected chi connectivity index (χ4v) is 0.710. The topological polar surface area (TPSA) is 51.0 Å². The quantitative estimate of drug-likeness (QED) is 0.733. The summed E-state index contributed by atoms with van der Waals surface area (Å²) in [5.41, 5.74) is 0.225. The van der Waals surface area contributed by atoms with Crippen molar-refractivity contribution in [2.24, 2.45) is 5.41 Å². The first-order valence-electron chi connectivity index (χ1n) is 4.01. The minimum atomic E-state index is 0.225. The summed E-state index contributed by atoms with van der Waals surface area (Å²) in [4.78, 5) is 4.02. The maximum Gasteiger partial charge on any atom is 0.321 e. The molecule has 0 aliphatic carbocycles. The Morgan fingerprint density at radius 1 is 1.42 bits per heavy atom. The summed E-state index contributed by atoms with van der Waals surface area (Å²) in [6.45, 7) is 9.05. The highest BCUT2D eigenvalue weighted by Crippen LogP contribution is 2.13. The first-order chi connectivity index (χ1) is 5.47. The fourth-order valence-electron chi connectivity index (χ4n) is 0.710. The lowest BCUT2D eigenvalue weighted by Crippen LogP contribution is -2.19. The van der Waals surface area contributed by atoms with Gasteiger partial charge in [0.25, 0.3) is 0 Å². The zero-order valence-corrected chi connectivity index (χ0v) is 8.01. The second kappa shape index (κ2) is 3.13. The van der Waals surface area contributed by atoms with E-state index in [2.05, 4.69) is 36.2 Å². The lowest BCUT2D eigenvalue weighted by atomic mass is 9.97. The van der Waals surface area contributed by atoms with Crippen molar-refractivity contribution in [1.29, 1.82) is 0 Å². The standard InChI is InChI=1S/C8H15N3O/c1-6-10-7(12-11-6)9-5-8(2,3)4/h5H2,1-4H3,(H,9,10,11). The average Bonchev–Trinajstić information content (AvgIpc) is 2.30. The van der Waals surface area contributed by atoms with Crippen LogP contribution in [-0.2, 0) is 0 Å². The highest BCUT2D eigenvalue weighted by Gasteiger charge is 2.11. The molecule has 0 saturated heterocycles. The first kappa shape index (κ1) is 9.03. The second-order valence-corrected chi connectivity index (χ2v) is 4.06. The van der Waals surface area contributed by atoms with E-state index in [0.29, 0.717) is 11.8 Å². The molecule has 4 nitrogen and oxygen atoms in total. The zero-order valence-electron chi connectivity index (χ0n) is 8.01. The molecular formula is C8H15N3O. The van der Waals surface area contributed by atoms with E-state index >= 15 is 0 Å². The fraction of sp³-hybridized carbons (Fsp3) is 0.750. The van der Waals surface area contributed by atoms with Crippen molar-refractivity contribution >= 4 is 6.01 Å². The predicted octanol–water partition coefficient (Wildman–Crippen LogP) is 1.84. The molecule has 0 amide bonds. The maximum absolute atomic E-state index is 4.89. The Morgan fingerprint density at radius 3 is 2.50 bits per heavy atom. The van der Waals surface area contributed by atoms with Crippen LogP contribution in [0.3, 0.4) is 0 Å². The van der Waals surface area contributed by atoms with Crippen LogP contribution in [0, 0.1) is 12.3 Å². The number of aromatic nitrogens is 2. The highest BCUT2D eigenvalue weighted by molar-refractivity contribution is 5.18. The van der Waals surface area contributed by atoms with Crippen molar-refractivity contribution in [1.82, 2.24) is 10.1 Å². The lowest BCUT2D eigenvalue weighted by molar-refractivity contribution is 0.403. The van der Waals surface area contributed by atoms with Crippen LogP contribution in [0.5, 0.6) is 0 Å². The number of nitrogens with zero attached hydrogens (tertiary/aromatic N) is 2. The number of aryl methyl sites for hydroxylation is 1. The van der Waals surface area contributed by atoms with Gasteiger partial charge in [0, 0.05) is 6.54 Å². The Bertz CT molecular complexity index is 249. The molecule has 0 fully saturated rings. The molecular weight excluding hydrogens is 154 g/mol. The van der Waals surface area contributed by atoms with Crippen LogP contribution in [0.2, 0.25) is 0 Å². The summed E-state index contributed by atoms with van der Waals surface area (Å²) in [5.74, 6) is 0.659. The van der Waals surface area contributed by atoms with Crippen LogP contribution < -0.4 is 5.32 Å². The van der Waals surface area contributed by atoms with Crippen LogP contribution in [0.25, 0.3) is 0 Å². The summed E-state index contributed by atoms with van der Waals surface area (Å²) < 4.78 is 4.89. The van der Waals surface area contributed by atoms with Gasteiger partial charge in [-0.05, 0) is 12.3 Å². The molecule has 0 atom stereocenters. The molecule has 0 spiro atoms. The van der Waals surface area contributed by atoms with E-state index in [1.807, 2.05) is 0 Å². The minimum Gasteiger partial charge on any atom is -0.337 e. The molecule has 0 aromatic carbocycles. The van der Waals surface area contributed by atoms with Crippen molar-refractivity contribution in [3.8, 4) is 0 Å². The second-order valence-electron chi connectivity index (χ2n) is 4.06. The van der Waals surface area contributed by atoms with Gasteiger partial charge in [-0.25, -0.2) is 0 Å². The molecule has 0 saturated carbocycles. The van der Waals surface area contributed by atoms with Gasteiger partial charge in [0.15, 0.2) is 5.82 Å². The summed E-state index contributed by atoms with van der Waals surface area (Å²) in [5, 5.41) is 6.73. The van der Waals surface area contributed by atoms with Gasteiger partial charge in [-0.2, -0.15) is 4.98 Å². The Morgan fingerprint density at radius 2 is 2.08 bits per heavy atom. The van der Waals surface area contributed by atoms with E-state index in [4.69, 9.17) is 4.52 Å². The molecule has 0 aliphatic rings. The van der Waals surface area contributed by atoms with Gasteiger partial charge in [-0.15, -0.1) is 0 Å². The van der Waals surface area contributed by atoms with Crippen molar-refractivity contribution in [3.05, 3.63) is 5.82 Å². The van der Waals surface area contributed by atoms with Crippen LogP contribution >= 0.6 is 0 Å². The zero-order chi connectivity index (χ0) is 9.19. The van der Waals surface area contributed by atoms with E-state index in [1.165, 1.54) is 0 Å². The van der Waals surface area contributed by atoms with Gasteiger partial charge in [-0.3, -0.25) is 0 Å². The molecule has 0 radical (unpaired) electrons. The average molecular weight is 169 g/mol. The molecule has 0 unspecified atom stereocenters. The lowest BCUT2D eigenvalue weighted by Gasteiger charge is -2.17. The smallest absolute Gasteiger partial charge is 0.321 e. The van der Waals surface area contributed by atoms with Gasteiger partial charge in [0.1, 0.15) is 0 Å². The molecule has 4 heteroatoms. The third-order valence-corrected chi connectivity index (χ3v) is 1.30. The van der Waals surface area contributed by atoms with E-state index in [9.17, 15) is 0 Å². The third kappa shape index (κ3) is 2.90. The van der Waals surface area contributed by atoms with Crippen LogP contribution in [0.4, 0.5) is 6.01 Å². The van der Waals surface area contributed by atoms with Gasteiger partial charge in [-0.1, -0.05) is 25.9 Å². The Kier molecular flexibility index (Phi) is 2.35. The number of anilines is 1. The Balaban J connectivity index is 2.44. The number of nitrogens with one attached hydrogen (secondary N) is 1. The normalized spacial score (nSPS) is 11.7. The van der Waals surface area contributed by atoms with E-state index < -0.39 is 0 Å². The molecule has 0 aliphatic heterocycles. The Hall–Kier alpha value is -1.06. The molecule has 1 rings (SSSR count). The molecule has 1 heterocycles. The molecule has 1 aromatic rings. The summed E-state index contributed by atoms with van der Waals surface area (Å²) >= 11 is 0. The minimum absolute atomic E-state index is 0.225. The van der Waals surface area contributed by atoms with Crippen molar-refractivity contribution < 1.29 is 4.52 Å². The maximum atomic E-state index is 4.89. The van der Waals surface area contributed by atoms with E-state index in [-0.39, 0.29) is 5.41 Å². The summed E-state index contributed by atoms with van der Waals surface area (Å²) in [6, 6.07) is 0.502.